The Morgan fingerprint density at radius 3 is 2.62 bits per heavy atom. The molecule has 2 aromatic carbocycles. The van der Waals surface area contributed by atoms with Crippen LogP contribution in [0.15, 0.2) is 61.1 Å². The molecular weight excluding hydrogens is 492 g/mol. The smallest absolute Gasteiger partial charge is 0.255 e. The standard InChI is InChI=1S/C30H32N6O3/c1-19-11-12-22(28(37)35-24-16-21(13-14-25(24)38-3)20-8-5-4-6-9-20)17-26(19)39-29-23(10-7-15-32-29)27-33-18-34-30(31-2)36-27/h7,10-18,20H,4-6,8-9H2,1-3H3,(H,35,37)(H,31,33,34,36). The van der Waals surface area contributed by atoms with Crippen LogP contribution in [-0.4, -0.2) is 40.0 Å². The van der Waals surface area contributed by atoms with Gasteiger partial charge in [0.15, 0.2) is 5.82 Å². The Morgan fingerprint density at radius 1 is 0.974 bits per heavy atom. The number of carbonyl (C=O) groups excluding carboxylic acids is 1. The predicted molar refractivity (Wildman–Crippen MR) is 151 cm³/mol. The second-order valence-corrected chi connectivity index (χ2v) is 9.57. The average Bonchev–Trinajstić information content (AvgIpc) is 2.99. The van der Waals surface area contributed by atoms with Crippen LogP contribution < -0.4 is 20.1 Å². The maximum Gasteiger partial charge on any atom is 0.255 e. The van der Waals surface area contributed by atoms with E-state index in [9.17, 15) is 4.79 Å². The molecule has 9 nitrogen and oxygen atoms in total. The number of rotatable bonds is 8. The van der Waals surface area contributed by atoms with Crippen LogP contribution in [-0.2, 0) is 0 Å². The number of anilines is 2. The van der Waals surface area contributed by atoms with Crippen LogP contribution >= 0.6 is 0 Å². The van der Waals surface area contributed by atoms with E-state index < -0.39 is 0 Å². The molecular formula is C30H32N6O3. The first-order valence-corrected chi connectivity index (χ1v) is 13.2. The largest absolute Gasteiger partial charge is 0.495 e. The topological polar surface area (TPSA) is 111 Å². The zero-order valence-electron chi connectivity index (χ0n) is 22.4. The summed E-state index contributed by atoms with van der Waals surface area (Å²) in [5.41, 5.74) is 3.81. The van der Waals surface area contributed by atoms with E-state index in [1.807, 2.05) is 31.2 Å². The maximum atomic E-state index is 13.4. The van der Waals surface area contributed by atoms with Gasteiger partial charge in [-0.2, -0.15) is 4.98 Å². The Kier molecular flexibility index (Phi) is 7.96. The highest BCUT2D eigenvalue weighted by Gasteiger charge is 2.19. The van der Waals surface area contributed by atoms with Crippen molar-refractivity contribution in [2.45, 2.75) is 44.9 Å². The van der Waals surface area contributed by atoms with Gasteiger partial charge in [-0.1, -0.05) is 31.4 Å². The third-order valence-electron chi connectivity index (χ3n) is 7.01. The van der Waals surface area contributed by atoms with Crippen molar-refractivity contribution in [2.75, 3.05) is 24.8 Å². The molecule has 0 saturated heterocycles. The number of nitrogens with one attached hydrogen (secondary N) is 2. The number of pyridine rings is 1. The normalized spacial score (nSPS) is 13.5. The molecule has 5 rings (SSSR count). The molecule has 0 spiro atoms. The lowest BCUT2D eigenvalue weighted by Gasteiger charge is -2.23. The summed E-state index contributed by atoms with van der Waals surface area (Å²) in [7, 11) is 3.35. The molecule has 1 aliphatic carbocycles. The van der Waals surface area contributed by atoms with E-state index in [1.54, 1.807) is 38.6 Å². The SMILES string of the molecule is CNc1ncnc(-c2cccnc2Oc2cc(C(=O)Nc3cc(C4CCCCC4)ccc3OC)ccc2C)n1. The molecule has 2 aromatic heterocycles. The number of amides is 1. The van der Waals surface area contributed by atoms with E-state index >= 15 is 0 Å². The molecule has 200 valence electrons. The molecule has 1 saturated carbocycles. The van der Waals surface area contributed by atoms with Gasteiger partial charge in [-0.15, -0.1) is 0 Å². The molecule has 0 bridgehead atoms. The third kappa shape index (κ3) is 5.98. The fourth-order valence-corrected chi connectivity index (χ4v) is 4.85. The van der Waals surface area contributed by atoms with E-state index in [0.29, 0.717) is 51.9 Å². The quantitative estimate of drug-likeness (QED) is 0.273. The molecule has 39 heavy (non-hydrogen) atoms. The van der Waals surface area contributed by atoms with Gasteiger partial charge in [0.05, 0.1) is 18.4 Å². The van der Waals surface area contributed by atoms with Crippen LogP contribution in [0.2, 0.25) is 0 Å². The summed E-state index contributed by atoms with van der Waals surface area (Å²) in [6.45, 7) is 1.92. The van der Waals surface area contributed by atoms with Gasteiger partial charge in [0.1, 0.15) is 17.8 Å². The van der Waals surface area contributed by atoms with Gasteiger partial charge in [-0.05, 0) is 73.2 Å². The first-order chi connectivity index (χ1) is 19.1. The van der Waals surface area contributed by atoms with Gasteiger partial charge in [0.2, 0.25) is 11.8 Å². The Balaban J connectivity index is 1.40. The molecule has 2 heterocycles. The van der Waals surface area contributed by atoms with E-state index in [1.165, 1.54) is 44.0 Å². The zero-order chi connectivity index (χ0) is 27.2. The summed E-state index contributed by atoms with van der Waals surface area (Å²) in [5, 5.41) is 5.96. The number of hydrogen-bond acceptors (Lipinski definition) is 8. The van der Waals surface area contributed by atoms with Crippen LogP contribution in [0.5, 0.6) is 17.4 Å². The van der Waals surface area contributed by atoms with Crippen molar-refractivity contribution in [3.05, 3.63) is 77.7 Å². The second kappa shape index (κ2) is 11.9. The van der Waals surface area contributed by atoms with Gasteiger partial charge in [-0.3, -0.25) is 4.79 Å². The van der Waals surface area contributed by atoms with Crippen molar-refractivity contribution in [3.63, 3.8) is 0 Å². The third-order valence-corrected chi connectivity index (χ3v) is 7.01. The van der Waals surface area contributed by atoms with Crippen LogP contribution in [0, 0.1) is 6.92 Å². The number of benzene rings is 2. The average molecular weight is 525 g/mol. The molecule has 1 amide bonds. The van der Waals surface area contributed by atoms with Crippen molar-refractivity contribution in [1.82, 2.24) is 19.9 Å². The summed E-state index contributed by atoms with van der Waals surface area (Å²) in [6, 6.07) is 15.1. The lowest BCUT2D eigenvalue weighted by molar-refractivity contribution is 0.102. The number of carbonyl (C=O) groups is 1. The van der Waals surface area contributed by atoms with Gasteiger partial charge in [-0.25, -0.2) is 15.0 Å². The molecule has 2 N–H and O–H groups in total. The van der Waals surface area contributed by atoms with Gasteiger partial charge < -0.3 is 20.1 Å². The summed E-state index contributed by atoms with van der Waals surface area (Å²) in [6.07, 6.45) is 9.19. The van der Waals surface area contributed by atoms with E-state index in [0.717, 1.165) is 5.56 Å². The molecule has 4 aromatic rings. The molecule has 0 atom stereocenters. The molecule has 9 heteroatoms. The highest BCUT2D eigenvalue weighted by atomic mass is 16.5. The lowest BCUT2D eigenvalue weighted by Crippen LogP contribution is -2.14. The molecule has 0 unspecified atom stereocenters. The zero-order valence-corrected chi connectivity index (χ0v) is 22.4. The van der Waals surface area contributed by atoms with Crippen LogP contribution in [0.3, 0.4) is 0 Å². The number of ether oxygens (including phenoxy) is 2. The molecule has 1 fully saturated rings. The number of hydrogen-bond donors (Lipinski definition) is 2. The van der Waals surface area contributed by atoms with E-state index in [4.69, 9.17) is 9.47 Å². The van der Waals surface area contributed by atoms with E-state index in [-0.39, 0.29) is 5.91 Å². The van der Waals surface area contributed by atoms with Crippen LogP contribution in [0.1, 0.15) is 59.5 Å². The highest BCUT2D eigenvalue weighted by Crippen LogP contribution is 2.37. The minimum absolute atomic E-state index is 0.253. The predicted octanol–water partition coefficient (Wildman–Crippen LogP) is 6.38. The minimum Gasteiger partial charge on any atom is -0.495 e. The van der Waals surface area contributed by atoms with Crippen molar-refractivity contribution in [2.24, 2.45) is 0 Å². The van der Waals surface area contributed by atoms with Gasteiger partial charge >= 0.3 is 0 Å². The first-order valence-electron chi connectivity index (χ1n) is 13.2. The fraction of sp³-hybridized carbons (Fsp3) is 0.300. The van der Waals surface area contributed by atoms with Crippen LogP contribution in [0.4, 0.5) is 11.6 Å². The number of methoxy groups -OCH3 is 1. The first kappa shape index (κ1) is 26.1. The summed E-state index contributed by atoms with van der Waals surface area (Å²) in [5.74, 6) is 2.59. The van der Waals surface area contributed by atoms with Crippen LogP contribution in [0.25, 0.3) is 11.4 Å². The van der Waals surface area contributed by atoms with Crippen molar-refractivity contribution in [1.29, 1.82) is 0 Å². The number of aryl methyl sites for hydroxylation is 1. The molecule has 0 aliphatic heterocycles. The van der Waals surface area contributed by atoms with Crippen molar-refractivity contribution < 1.29 is 14.3 Å². The Labute approximate surface area is 228 Å². The monoisotopic (exact) mass is 524 g/mol. The van der Waals surface area contributed by atoms with Gasteiger partial charge in [0, 0.05) is 18.8 Å². The second-order valence-electron chi connectivity index (χ2n) is 9.57. The molecule has 0 radical (unpaired) electrons. The molecule has 1 aliphatic rings. The van der Waals surface area contributed by atoms with Gasteiger partial charge in [0.25, 0.3) is 5.91 Å². The number of nitrogens with zero attached hydrogens (tertiary/aromatic N) is 4. The Hall–Kier alpha value is -4.53. The summed E-state index contributed by atoms with van der Waals surface area (Å²) in [4.78, 5) is 30.5. The fourth-order valence-electron chi connectivity index (χ4n) is 4.85. The maximum absolute atomic E-state index is 13.4. The summed E-state index contributed by atoms with van der Waals surface area (Å²) >= 11 is 0. The Morgan fingerprint density at radius 2 is 1.82 bits per heavy atom. The highest BCUT2D eigenvalue weighted by molar-refractivity contribution is 6.05. The number of aromatic nitrogens is 4. The van der Waals surface area contributed by atoms with E-state index in [2.05, 4.69) is 36.6 Å². The summed E-state index contributed by atoms with van der Waals surface area (Å²) < 4.78 is 11.8. The van der Waals surface area contributed by atoms with Crippen molar-refractivity contribution >= 4 is 17.5 Å². The lowest BCUT2D eigenvalue weighted by atomic mass is 9.84. The van der Waals surface area contributed by atoms with Crippen molar-refractivity contribution in [3.8, 4) is 28.8 Å². The minimum atomic E-state index is -0.253. The Bertz CT molecular complexity index is 1470.